The maximum atomic E-state index is 10.3. The number of hydrogen-bond donors (Lipinski definition) is 2. The summed E-state index contributed by atoms with van der Waals surface area (Å²) < 4.78 is 1.76. The summed E-state index contributed by atoms with van der Waals surface area (Å²) in [6, 6.07) is 0.181. The van der Waals surface area contributed by atoms with Crippen LogP contribution in [0.15, 0.2) is 6.20 Å². The molecule has 1 aromatic rings. The Bertz CT molecular complexity index is 359. The van der Waals surface area contributed by atoms with E-state index in [1.807, 2.05) is 6.20 Å². The number of carboxylic acids is 1. The van der Waals surface area contributed by atoms with Gasteiger partial charge in [-0.3, -0.25) is 9.63 Å². The van der Waals surface area contributed by atoms with Crippen LogP contribution in [0.2, 0.25) is 0 Å². The zero-order chi connectivity index (χ0) is 11.4. The minimum Gasteiger partial charge on any atom is -0.481 e. The second-order valence-electron chi connectivity index (χ2n) is 3.75. The van der Waals surface area contributed by atoms with Crippen molar-refractivity contribution >= 4 is 5.97 Å². The van der Waals surface area contributed by atoms with E-state index in [0.717, 1.165) is 12.2 Å². The number of aliphatic carboxylic acids is 1. The van der Waals surface area contributed by atoms with Crippen LogP contribution in [0.5, 0.6) is 0 Å². The van der Waals surface area contributed by atoms with Gasteiger partial charge in [0.15, 0.2) is 0 Å². The molecule has 0 unspecified atom stereocenters. The van der Waals surface area contributed by atoms with Crippen LogP contribution in [0.4, 0.5) is 0 Å². The van der Waals surface area contributed by atoms with Crippen LogP contribution in [0, 0.1) is 0 Å². The predicted molar refractivity (Wildman–Crippen MR) is 53.6 cm³/mol. The fraction of sp³-hybridized carbons (Fsp3) is 0.667. The minimum absolute atomic E-state index is 0.168. The van der Waals surface area contributed by atoms with Crippen molar-refractivity contribution in [1.29, 1.82) is 0 Å². The Labute approximate surface area is 92.3 Å². The van der Waals surface area contributed by atoms with Gasteiger partial charge in [0.1, 0.15) is 0 Å². The van der Waals surface area contributed by atoms with E-state index < -0.39 is 5.97 Å². The van der Waals surface area contributed by atoms with Crippen molar-refractivity contribution < 1.29 is 14.7 Å². The summed E-state index contributed by atoms with van der Waals surface area (Å²) in [5.41, 5.74) is 3.60. The fourth-order valence-electron chi connectivity index (χ4n) is 1.57. The van der Waals surface area contributed by atoms with Gasteiger partial charge in [0.05, 0.1) is 18.3 Å². The van der Waals surface area contributed by atoms with Crippen LogP contribution in [0.25, 0.3) is 0 Å². The van der Waals surface area contributed by atoms with Crippen LogP contribution in [0.3, 0.4) is 0 Å². The molecule has 0 bridgehead atoms. The number of carboxylic acid groups (broad SMARTS) is 1. The first-order valence-electron chi connectivity index (χ1n) is 5.23. The molecule has 1 aliphatic heterocycles. The lowest BCUT2D eigenvalue weighted by Crippen LogP contribution is -2.14. The van der Waals surface area contributed by atoms with Crippen molar-refractivity contribution in [3.05, 3.63) is 11.9 Å². The first-order chi connectivity index (χ1) is 7.75. The Morgan fingerprint density at radius 1 is 1.75 bits per heavy atom. The Morgan fingerprint density at radius 3 is 3.31 bits per heavy atom. The molecule has 1 saturated heterocycles. The van der Waals surface area contributed by atoms with E-state index in [-0.39, 0.29) is 12.5 Å². The molecule has 7 nitrogen and oxygen atoms in total. The third-order valence-corrected chi connectivity index (χ3v) is 2.45. The minimum atomic E-state index is -0.777. The lowest BCUT2D eigenvalue weighted by atomic mass is 10.2. The quantitative estimate of drug-likeness (QED) is 0.720. The van der Waals surface area contributed by atoms with Crippen LogP contribution in [0.1, 0.15) is 24.6 Å². The average Bonchev–Trinajstić information content (AvgIpc) is 2.85. The van der Waals surface area contributed by atoms with Crippen molar-refractivity contribution in [2.75, 3.05) is 13.2 Å². The molecule has 2 N–H and O–H groups in total. The van der Waals surface area contributed by atoms with Gasteiger partial charge in [0.25, 0.3) is 0 Å². The summed E-state index contributed by atoms with van der Waals surface area (Å²) in [5, 5.41) is 16.5. The molecule has 1 aliphatic rings. The van der Waals surface area contributed by atoms with Crippen LogP contribution < -0.4 is 5.48 Å². The molecule has 1 aromatic heterocycles. The van der Waals surface area contributed by atoms with Gasteiger partial charge in [-0.1, -0.05) is 5.21 Å². The molecule has 0 amide bonds. The zero-order valence-corrected chi connectivity index (χ0v) is 8.80. The third-order valence-electron chi connectivity index (χ3n) is 2.45. The Balaban J connectivity index is 1.84. The number of hydroxylamine groups is 1. The van der Waals surface area contributed by atoms with Gasteiger partial charge < -0.3 is 5.11 Å². The highest BCUT2D eigenvalue weighted by atomic mass is 16.7. The van der Waals surface area contributed by atoms with Crippen LogP contribution in [-0.2, 0) is 16.1 Å². The number of aryl methyl sites for hydroxylation is 1. The lowest BCUT2D eigenvalue weighted by molar-refractivity contribution is -0.137. The molecule has 0 aromatic carbocycles. The molecule has 88 valence electrons. The molecule has 7 heteroatoms. The highest BCUT2D eigenvalue weighted by Gasteiger charge is 2.18. The maximum absolute atomic E-state index is 10.3. The lowest BCUT2D eigenvalue weighted by Gasteiger charge is -2.03. The molecule has 1 fully saturated rings. The van der Waals surface area contributed by atoms with E-state index in [2.05, 4.69) is 15.8 Å². The first-order valence-corrected chi connectivity index (χ1v) is 5.23. The molecule has 2 heterocycles. The Kier molecular flexibility index (Phi) is 3.47. The summed E-state index contributed by atoms with van der Waals surface area (Å²) in [6.07, 6.45) is 3.25. The molecule has 16 heavy (non-hydrogen) atoms. The van der Waals surface area contributed by atoms with E-state index >= 15 is 0 Å². The molecule has 2 rings (SSSR count). The first kappa shape index (κ1) is 11.0. The van der Waals surface area contributed by atoms with E-state index in [1.54, 1.807) is 4.68 Å². The smallest absolute Gasteiger partial charge is 0.303 e. The van der Waals surface area contributed by atoms with E-state index in [4.69, 9.17) is 9.94 Å². The van der Waals surface area contributed by atoms with Gasteiger partial charge in [-0.15, -0.1) is 5.10 Å². The normalized spacial score (nSPS) is 20.1. The van der Waals surface area contributed by atoms with E-state index in [9.17, 15) is 4.79 Å². The van der Waals surface area contributed by atoms with Crippen LogP contribution >= 0.6 is 0 Å². The highest BCUT2D eigenvalue weighted by molar-refractivity contribution is 5.66. The zero-order valence-electron chi connectivity index (χ0n) is 8.80. The monoisotopic (exact) mass is 226 g/mol. The second-order valence-corrected chi connectivity index (χ2v) is 3.75. The fourth-order valence-corrected chi connectivity index (χ4v) is 1.57. The summed E-state index contributed by atoms with van der Waals surface area (Å²) in [5.74, 6) is -0.777. The van der Waals surface area contributed by atoms with Crippen molar-refractivity contribution in [2.45, 2.75) is 25.3 Å². The van der Waals surface area contributed by atoms with Gasteiger partial charge in [0, 0.05) is 19.2 Å². The number of aromatic nitrogens is 3. The highest BCUT2D eigenvalue weighted by Crippen LogP contribution is 2.10. The van der Waals surface area contributed by atoms with Crippen molar-refractivity contribution in [3.63, 3.8) is 0 Å². The molecule has 0 aliphatic carbocycles. The summed E-state index contributed by atoms with van der Waals surface area (Å²) in [6.45, 7) is 1.30. The van der Waals surface area contributed by atoms with E-state index in [0.29, 0.717) is 19.4 Å². The van der Waals surface area contributed by atoms with E-state index in [1.165, 1.54) is 0 Å². The SMILES string of the molecule is O=C(O)CCCc1cn([C@H]2CNOC2)nn1. The number of nitrogens with one attached hydrogen (secondary N) is 1. The number of rotatable bonds is 5. The number of carbonyl (C=O) groups is 1. The van der Waals surface area contributed by atoms with Crippen LogP contribution in [-0.4, -0.2) is 39.2 Å². The maximum Gasteiger partial charge on any atom is 0.303 e. The van der Waals surface area contributed by atoms with Gasteiger partial charge in [-0.25, -0.2) is 10.2 Å². The summed E-state index contributed by atoms with van der Waals surface area (Å²) >= 11 is 0. The topological polar surface area (TPSA) is 89.3 Å². The predicted octanol–water partition coefficient (Wildman–Crippen LogP) is -0.239. The Morgan fingerprint density at radius 2 is 2.62 bits per heavy atom. The average molecular weight is 226 g/mol. The molecule has 0 saturated carbocycles. The number of nitrogens with zero attached hydrogens (tertiary/aromatic N) is 3. The van der Waals surface area contributed by atoms with Crippen molar-refractivity contribution in [3.8, 4) is 0 Å². The molecular formula is C9H14N4O3. The van der Waals surface area contributed by atoms with Gasteiger partial charge in [-0.2, -0.15) is 0 Å². The molecule has 0 radical (unpaired) electrons. The second kappa shape index (κ2) is 5.04. The van der Waals surface area contributed by atoms with Gasteiger partial charge in [0.2, 0.25) is 0 Å². The molecule has 1 atom stereocenters. The standard InChI is InChI=1S/C9H14N4O3/c14-9(15)3-1-2-7-5-13(12-11-7)8-4-10-16-6-8/h5,8,10H,1-4,6H2,(H,14,15)/t8-/m0/s1. The Hall–Kier alpha value is -1.47. The van der Waals surface area contributed by atoms with Crippen molar-refractivity contribution in [2.24, 2.45) is 0 Å². The van der Waals surface area contributed by atoms with Gasteiger partial charge >= 0.3 is 5.97 Å². The summed E-state index contributed by atoms with van der Waals surface area (Å²) in [7, 11) is 0. The van der Waals surface area contributed by atoms with Gasteiger partial charge in [-0.05, 0) is 12.8 Å². The summed E-state index contributed by atoms with van der Waals surface area (Å²) in [4.78, 5) is 15.4. The number of hydrogen-bond acceptors (Lipinski definition) is 5. The third kappa shape index (κ3) is 2.77. The molecule has 0 spiro atoms. The van der Waals surface area contributed by atoms with Crippen molar-refractivity contribution in [1.82, 2.24) is 20.5 Å². The molecular weight excluding hydrogens is 212 g/mol. The largest absolute Gasteiger partial charge is 0.481 e.